The van der Waals surface area contributed by atoms with Crippen LogP contribution in [0.25, 0.3) is 0 Å². The van der Waals surface area contributed by atoms with E-state index in [-0.39, 0.29) is 5.91 Å². The van der Waals surface area contributed by atoms with E-state index >= 15 is 0 Å². The number of amides is 1. The Morgan fingerprint density at radius 1 is 1.13 bits per heavy atom. The van der Waals surface area contributed by atoms with Gasteiger partial charge in [-0.25, -0.2) is 4.68 Å². The van der Waals surface area contributed by atoms with Crippen LogP contribution < -0.4 is 5.84 Å². The number of carbonyl (C=O) groups excluding carboxylic acids is 1. The van der Waals surface area contributed by atoms with Gasteiger partial charge in [0.05, 0.1) is 5.75 Å². The monoisotopic (exact) mass is 335 g/mol. The second kappa shape index (κ2) is 6.34. The van der Waals surface area contributed by atoms with Crippen LogP contribution in [0.2, 0.25) is 0 Å². The van der Waals surface area contributed by atoms with Crippen LogP contribution in [0.15, 0.2) is 5.16 Å². The summed E-state index contributed by atoms with van der Waals surface area (Å²) in [6.45, 7) is 1.87. The fraction of sp³-hybridized carbons (Fsp3) is 0.812. The Morgan fingerprint density at radius 2 is 1.91 bits per heavy atom. The first-order valence-corrected chi connectivity index (χ1v) is 9.82. The number of nitrogens with zero attached hydrogens (tertiary/aromatic N) is 4. The Bertz CT molecular complexity index is 585. The summed E-state index contributed by atoms with van der Waals surface area (Å²) in [5.41, 5.74) is 0. The van der Waals surface area contributed by atoms with Crippen molar-refractivity contribution < 1.29 is 4.79 Å². The topological polar surface area (TPSA) is 77.0 Å². The molecule has 2 saturated carbocycles. The third kappa shape index (κ3) is 3.20. The first kappa shape index (κ1) is 15.3. The van der Waals surface area contributed by atoms with Gasteiger partial charge >= 0.3 is 0 Å². The van der Waals surface area contributed by atoms with Gasteiger partial charge in [0.2, 0.25) is 11.1 Å². The van der Waals surface area contributed by atoms with Crippen LogP contribution in [0.3, 0.4) is 0 Å². The molecule has 2 atom stereocenters. The summed E-state index contributed by atoms with van der Waals surface area (Å²) in [7, 11) is 0. The summed E-state index contributed by atoms with van der Waals surface area (Å²) < 4.78 is 1.57. The molecule has 6 nitrogen and oxygen atoms in total. The highest BCUT2D eigenvalue weighted by Crippen LogP contribution is 2.39. The number of fused-ring (bicyclic) bond motifs is 1. The molecule has 0 radical (unpaired) electrons. The lowest BCUT2D eigenvalue weighted by molar-refractivity contribution is -0.131. The number of nitrogen functional groups attached to an aromatic ring is 1. The maximum Gasteiger partial charge on any atom is 0.233 e. The summed E-state index contributed by atoms with van der Waals surface area (Å²) in [6.07, 6.45) is 8.84. The second-order valence-electron chi connectivity index (χ2n) is 7.21. The fourth-order valence-electron chi connectivity index (χ4n) is 4.05. The quantitative estimate of drug-likeness (QED) is 0.673. The van der Waals surface area contributed by atoms with E-state index in [1.165, 1.54) is 43.9 Å². The van der Waals surface area contributed by atoms with Gasteiger partial charge in [0.25, 0.3) is 0 Å². The number of hydrogen-bond acceptors (Lipinski definition) is 5. The molecule has 4 rings (SSSR count). The van der Waals surface area contributed by atoms with E-state index in [4.69, 9.17) is 5.84 Å². The molecule has 1 saturated heterocycles. The molecular weight excluding hydrogens is 310 g/mol. The van der Waals surface area contributed by atoms with Crippen LogP contribution in [0.4, 0.5) is 0 Å². The highest BCUT2D eigenvalue weighted by molar-refractivity contribution is 7.99. The minimum atomic E-state index is 0.218. The van der Waals surface area contributed by atoms with Crippen LogP contribution in [0, 0.1) is 11.8 Å². The zero-order chi connectivity index (χ0) is 15.8. The number of nitrogens with two attached hydrogens (primary N) is 1. The lowest BCUT2D eigenvalue weighted by Gasteiger charge is -2.41. The fourth-order valence-corrected chi connectivity index (χ4v) is 4.82. The third-order valence-corrected chi connectivity index (χ3v) is 6.53. The van der Waals surface area contributed by atoms with Crippen molar-refractivity contribution in [3.8, 4) is 0 Å². The van der Waals surface area contributed by atoms with Gasteiger partial charge in [0.15, 0.2) is 5.82 Å². The first-order chi connectivity index (χ1) is 11.2. The molecule has 0 unspecified atom stereocenters. The van der Waals surface area contributed by atoms with Gasteiger partial charge < -0.3 is 10.7 Å². The highest BCUT2D eigenvalue weighted by atomic mass is 32.2. The molecule has 1 aromatic rings. The zero-order valence-electron chi connectivity index (χ0n) is 13.5. The zero-order valence-corrected chi connectivity index (χ0v) is 14.3. The number of piperidine rings is 1. The Balaban J connectivity index is 1.31. The number of rotatable bonds is 4. The molecule has 2 N–H and O–H groups in total. The van der Waals surface area contributed by atoms with Crippen LogP contribution in [-0.4, -0.2) is 44.5 Å². The molecule has 0 aromatic carbocycles. The first-order valence-electron chi connectivity index (χ1n) is 8.83. The second-order valence-corrected chi connectivity index (χ2v) is 8.15. The van der Waals surface area contributed by atoms with Gasteiger partial charge in [0.1, 0.15) is 0 Å². The molecule has 1 aromatic heterocycles. The van der Waals surface area contributed by atoms with E-state index < -0.39 is 0 Å². The van der Waals surface area contributed by atoms with E-state index in [1.807, 2.05) is 0 Å². The van der Waals surface area contributed by atoms with Gasteiger partial charge in [-0.15, -0.1) is 10.2 Å². The Labute approximate surface area is 141 Å². The van der Waals surface area contributed by atoms with E-state index in [9.17, 15) is 4.79 Å². The molecule has 7 heteroatoms. The van der Waals surface area contributed by atoms with Gasteiger partial charge in [-0.1, -0.05) is 31.0 Å². The summed E-state index contributed by atoms with van der Waals surface area (Å²) in [6, 6.07) is 0. The molecule has 3 aliphatic rings. The van der Waals surface area contributed by atoms with Crippen LogP contribution in [-0.2, 0) is 4.79 Å². The molecule has 2 aliphatic carbocycles. The van der Waals surface area contributed by atoms with Crippen molar-refractivity contribution in [2.45, 2.75) is 56.0 Å². The lowest BCUT2D eigenvalue weighted by Crippen LogP contribution is -2.45. The molecular formula is C16H25N5OS. The summed E-state index contributed by atoms with van der Waals surface area (Å²) >= 11 is 1.42. The maximum absolute atomic E-state index is 12.5. The van der Waals surface area contributed by atoms with Gasteiger partial charge in [0, 0.05) is 19.0 Å². The van der Waals surface area contributed by atoms with Gasteiger partial charge in [-0.05, 0) is 37.5 Å². The maximum atomic E-state index is 12.5. The molecule has 1 aliphatic heterocycles. The van der Waals surface area contributed by atoms with E-state index in [0.717, 1.165) is 43.6 Å². The number of carbonyl (C=O) groups is 1. The molecule has 0 bridgehead atoms. The predicted octanol–water partition coefficient (Wildman–Crippen LogP) is 2.00. The number of aromatic nitrogens is 3. The Hall–Kier alpha value is -1.24. The molecule has 23 heavy (non-hydrogen) atoms. The number of hydrogen-bond donors (Lipinski definition) is 1. The minimum Gasteiger partial charge on any atom is -0.342 e. The lowest BCUT2D eigenvalue weighted by atomic mass is 9.75. The summed E-state index contributed by atoms with van der Waals surface area (Å²) in [5.74, 6) is 9.60. The summed E-state index contributed by atoms with van der Waals surface area (Å²) in [5, 5.41) is 8.96. The normalized spacial score (nSPS) is 27.7. The minimum absolute atomic E-state index is 0.218. The van der Waals surface area contributed by atoms with Crippen LogP contribution in [0.5, 0.6) is 0 Å². The SMILES string of the molecule is Nn1c(SCC(=O)N2CC[C@@H]3CCCC[C@@H]3C2)nnc1C1CC1. The van der Waals surface area contributed by atoms with Crippen molar-refractivity contribution >= 4 is 17.7 Å². The van der Waals surface area contributed by atoms with Crippen molar-refractivity contribution in [3.63, 3.8) is 0 Å². The Morgan fingerprint density at radius 3 is 2.70 bits per heavy atom. The molecule has 2 heterocycles. The van der Waals surface area contributed by atoms with E-state index in [2.05, 4.69) is 15.1 Å². The van der Waals surface area contributed by atoms with Crippen LogP contribution >= 0.6 is 11.8 Å². The van der Waals surface area contributed by atoms with E-state index in [1.54, 1.807) is 4.68 Å². The van der Waals surface area contributed by atoms with Crippen molar-refractivity contribution in [2.24, 2.45) is 11.8 Å². The Kier molecular flexibility index (Phi) is 4.22. The smallest absolute Gasteiger partial charge is 0.233 e. The van der Waals surface area contributed by atoms with Gasteiger partial charge in [-0.3, -0.25) is 4.79 Å². The molecule has 3 fully saturated rings. The number of likely N-dealkylation sites (tertiary alicyclic amines) is 1. The van der Waals surface area contributed by atoms with Crippen molar-refractivity contribution in [2.75, 3.05) is 24.7 Å². The van der Waals surface area contributed by atoms with Crippen molar-refractivity contribution in [3.05, 3.63) is 5.82 Å². The van der Waals surface area contributed by atoms with Crippen molar-refractivity contribution in [1.82, 2.24) is 19.8 Å². The van der Waals surface area contributed by atoms with Crippen LogP contribution in [0.1, 0.15) is 56.7 Å². The van der Waals surface area contributed by atoms with Crippen molar-refractivity contribution in [1.29, 1.82) is 0 Å². The highest BCUT2D eigenvalue weighted by Gasteiger charge is 2.33. The standard InChI is InChI=1S/C16H25N5OS/c17-21-15(12-5-6-12)18-19-16(21)23-10-14(22)20-8-7-11-3-1-2-4-13(11)9-20/h11-13H,1-10,17H2/t11-,13+/m0/s1. The predicted molar refractivity (Wildman–Crippen MR) is 89.5 cm³/mol. The molecule has 1 amide bonds. The molecule has 0 spiro atoms. The van der Waals surface area contributed by atoms with E-state index in [0.29, 0.717) is 16.8 Å². The molecule has 126 valence electrons. The average molecular weight is 335 g/mol. The number of thioether (sulfide) groups is 1. The third-order valence-electron chi connectivity index (χ3n) is 5.60. The largest absolute Gasteiger partial charge is 0.342 e. The average Bonchev–Trinajstić information content (AvgIpc) is 3.36. The summed E-state index contributed by atoms with van der Waals surface area (Å²) in [4.78, 5) is 14.6. The van der Waals surface area contributed by atoms with Gasteiger partial charge in [-0.2, -0.15) is 0 Å².